The zero-order chi connectivity index (χ0) is 15.1. The highest BCUT2D eigenvalue weighted by molar-refractivity contribution is 5.87. The van der Waals surface area contributed by atoms with Gasteiger partial charge in [-0.1, -0.05) is 44.2 Å². The standard InChI is InChI=1S/C18H23NO2/c1-11-16-10-19(13(3)14-7-5-4-6-8-14)18(21)12(2)15(16)9-17(11)20/h4-8,11-13,15-16H,9-10H2,1-3H3/t11-,12+,13-,15-,16-/m0/s1. The van der Waals surface area contributed by atoms with Crippen LogP contribution < -0.4 is 0 Å². The molecule has 0 unspecified atom stereocenters. The first-order valence-corrected chi connectivity index (χ1v) is 7.89. The number of amides is 1. The second kappa shape index (κ2) is 5.28. The van der Waals surface area contributed by atoms with Crippen molar-refractivity contribution in [1.29, 1.82) is 0 Å². The number of hydrogen-bond donors (Lipinski definition) is 0. The molecular formula is C18H23NO2. The van der Waals surface area contributed by atoms with E-state index >= 15 is 0 Å². The smallest absolute Gasteiger partial charge is 0.226 e. The van der Waals surface area contributed by atoms with Crippen LogP contribution in [0.5, 0.6) is 0 Å². The lowest BCUT2D eigenvalue weighted by atomic mass is 9.77. The zero-order valence-electron chi connectivity index (χ0n) is 13.0. The summed E-state index contributed by atoms with van der Waals surface area (Å²) in [6.07, 6.45) is 0.590. The number of hydrogen-bond acceptors (Lipinski definition) is 2. The van der Waals surface area contributed by atoms with Crippen LogP contribution in [-0.2, 0) is 9.59 Å². The normalized spacial score (nSPS) is 34.0. The number of piperidine rings is 1. The predicted octanol–water partition coefficient (Wildman–Crippen LogP) is 3.07. The van der Waals surface area contributed by atoms with Crippen molar-refractivity contribution in [3.63, 3.8) is 0 Å². The first kappa shape index (κ1) is 14.3. The summed E-state index contributed by atoms with van der Waals surface area (Å²) in [5.74, 6) is 1.17. The van der Waals surface area contributed by atoms with Crippen molar-refractivity contribution in [3.05, 3.63) is 35.9 Å². The molecular weight excluding hydrogens is 262 g/mol. The van der Waals surface area contributed by atoms with Gasteiger partial charge in [-0.25, -0.2) is 0 Å². The Hall–Kier alpha value is -1.64. The maximum Gasteiger partial charge on any atom is 0.226 e. The van der Waals surface area contributed by atoms with E-state index in [9.17, 15) is 9.59 Å². The third-order valence-electron chi connectivity index (χ3n) is 5.61. The van der Waals surface area contributed by atoms with Gasteiger partial charge in [-0.15, -0.1) is 0 Å². The average Bonchev–Trinajstić information content (AvgIpc) is 2.79. The molecule has 0 N–H and O–H groups in total. The molecule has 1 heterocycles. The molecule has 2 fully saturated rings. The topological polar surface area (TPSA) is 37.4 Å². The maximum absolute atomic E-state index is 12.7. The van der Waals surface area contributed by atoms with Crippen molar-refractivity contribution in [2.45, 2.75) is 33.2 Å². The molecule has 1 saturated heterocycles. The van der Waals surface area contributed by atoms with Gasteiger partial charge in [0.15, 0.2) is 0 Å². The van der Waals surface area contributed by atoms with E-state index in [2.05, 4.69) is 19.1 Å². The number of likely N-dealkylation sites (tertiary alicyclic amines) is 1. The molecule has 0 radical (unpaired) electrons. The van der Waals surface area contributed by atoms with Crippen LogP contribution in [0.3, 0.4) is 0 Å². The molecule has 5 atom stereocenters. The number of ketones is 1. The van der Waals surface area contributed by atoms with Crippen molar-refractivity contribution in [1.82, 2.24) is 4.90 Å². The van der Waals surface area contributed by atoms with E-state index < -0.39 is 0 Å². The van der Waals surface area contributed by atoms with Crippen molar-refractivity contribution in [3.8, 4) is 0 Å². The van der Waals surface area contributed by atoms with Crippen LogP contribution in [0.1, 0.15) is 38.8 Å². The number of nitrogens with zero attached hydrogens (tertiary/aromatic N) is 1. The average molecular weight is 285 g/mol. The second-order valence-corrected chi connectivity index (χ2v) is 6.65. The monoisotopic (exact) mass is 285 g/mol. The van der Waals surface area contributed by atoms with Crippen LogP contribution in [0.25, 0.3) is 0 Å². The lowest BCUT2D eigenvalue weighted by Gasteiger charge is -2.42. The Balaban J connectivity index is 1.87. The van der Waals surface area contributed by atoms with Crippen LogP contribution in [0.15, 0.2) is 30.3 Å². The molecule has 0 spiro atoms. The number of fused-ring (bicyclic) bond motifs is 1. The van der Waals surface area contributed by atoms with Gasteiger partial charge in [0.05, 0.1) is 6.04 Å². The summed E-state index contributed by atoms with van der Waals surface area (Å²) in [6.45, 7) is 6.83. The molecule has 112 valence electrons. The van der Waals surface area contributed by atoms with E-state index in [0.717, 1.165) is 12.1 Å². The van der Waals surface area contributed by atoms with Gasteiger partial charge in [-0.05, 0) is 24.3 Å². The van der Waals surface area contributed by atoms with E-state index in [1.165, 1.54) is 0 Å². The first-order valence-electron chi connectivity index (χ1n) is 7.89. The Morgan fingerprint density at radius 3 is 2.38 bits per heavy atom. The Morgan fingerprint density at radius 1 is 1.05 bits per heavy atom. The molecule has 0 bridgehead atoms. The number of Topliss-reactive ketones (excluding diaryl/α,β-unsaturated/α-hetero) is 1. The summed E-state index contributed by atoms with van der Waals surface area (Å²) in [6, 6.07) is 10.2. The van der Waals surface area contributed by atoms with Gasteiger partial charge in [0.2, 0.25) is 5.91 Å². The molecule has 1 aromatic carbocycles. The Kier molecular flexibility index (Phi) is 3.60. The highest BCUT2D eigenvalue weighted by Crippen LogP contribution is 2.44. The van der Waals surface area contributed by atoms with Crippen molar-refractivity contribution < 1.29 is 9.59 Å². The molecule has 1 saturated carbocycles. The molecule has 3 nitrogen and oxygen atoms in total. The molecule has 1 aliphatic carbocycles. The summed E-state index contributed by atoms with van der Waals surface area (Å²) in [4.78, 5) is 26.7. The molecule has 21 heavy (non-hydrogen) atoms. The number of carbonyl (C=O) groups is 2. The molecule has 3 rings (SSSR count). The van der Waals surface area contributed by atoms with Crippen molar-refractivity contribution in [2.75, 3.05) is 6.54 Å². The van der Waals surface area contributed by atoms with Crippen molar-refractivity contribution >= 4 is 11.7 Å². The summed E-state index contributed by atoms with van der Waals surface area (Å²) in [7, 11) is 0. The fourth-order valence-corrected chi connectivity index (χ4v) is 4.04. The van der Waals surface area contributed by atoms with Gasteiger partial charge < -0.3 is 4.90 Å². The molecule has 1 amide bonds. The van der Waals surface area contributed by atoms with Crippen LogP contribution in [-0.4, -0.2) is 23.1 Å². The zero-order valence-corrected chi connectivity index (χ0v) is 13.0. The highest BCUT2D eigenvalue weighted by Gasteiger charge is 2.49. The van der Waals surface area contributed by atoms with Gasteiger partial charge >= 0.3 is 0 Å². The largest absolute Gasteiger partial charge is 0.335 e. The summed E-state index contributed by atoms with van der Waals surface area (Å²) in [5.41, 5.74) is 1.16. The molecule has 3 heteroatoms. The van der Waals surface area contributed by atoms with E-state index in [1.807, 2.05) is 36.9 Å². The molecule has 1 aromatic rings. The minimum Gasteiger partial charge on any atom is -0.335 e. The molecule has 1 aliphatic heterocycles. The molecule has 0 aromatic heterocycles. The van der Waals surface area contributed by atoms with E-state index in [-0.39, 0.29) is 29.7 Å². The van der Waals surface area contributed by atoms with Gasteiger partial charge in [0.25, 0.3) is 0 Å². The lowest BCUT2D eigenvalue weighted by molar-refractivity contribution is -0.146. The fourth-order valence-electron chi connectivity index (χ4n) is 4.04. The summed E-state index contributed by atoms with van der Waals surface area (Å²) < 4.78 is 0. The van der Waals surface area contributed by atoms with Gasteiger partial charge in [-0.3, -0.25) is 9.59 Å². The third kappa shape index (κ3) is 2.29. The minimum absolute atomic E-state index is 0.0381. The Labute approximate surface area is 126 Å². The van der Waals surface area contributed by atoms with Crippen LogP contribution in [0.4, 0.5) is 0 Å². The lowest BCUT2D eigenvalue weighted by Crippen LogP contribution is -2.49. The SMILES string of the molecule is C[C@@H]1C(=O)C[C@@H]2[C@H]1CN([C@@H](C)c1ccccc1)C(=O)[C@@H]2C. The highest BCUT2D eigenvalue weighted by atomic mass is 16.2. The van der Waals surface area contributed by atoms with E-state index in [0.29, 0.717) is 18.1 Å². The van der Waals surface area contributed by atoms with Crippen LogP contribution in [0, 0.1) is 23.7 Å². The molecule has 2 aliphatic rings. The van der Waals surface area contributed by atoms with Gasteiger partial charge in [0.1, 0.15) is 5.78 Å². The Bertz CT molecular complexity index is 554. The minimum atomic E-state index is -0.0381. The van der Waals surface area contributed by atoms with Crippen LogP contribution >= 0.6 is 0 Å². The maximum atomic E-state index is 12.7. The second-order valence-electron chi connectivity index (χ2n) is 6.65. The van der Waals surface area contributed by atoms with Crippen LogP contribution in [0.2, 0.25) is 0 Å². The Morgan fingerprint density at radius 2 is 1.71 bits per heavy atom. The van der Waals surface area contributed by atoms with Gasteiger partial charge in [-0.2, -0.15) is 0 Å². The predicted molar refractivity (Wildman–Crippen MR) is 81.5 cm³/mol. The number of carbonyl (C=O) groups excluding carboxylic acids is 2. The first-order chi connectivity index (χ1) is 10.0. The van der Waals surface area contributed by atoms with E-state index in [1.54, 1.807) is 0 Å². The summed E-state index contributed by atoms with van der Waals surface area (Å²) >= 11 is 0. The number of rotatable bonds is 2. The quantitative estimate of drug-likeness (QED) is 0.837. The third-order valence-corrected chi connectivity index (χ3v) is 5.61. The number of benzene rings is 1. The van der Waals surface area contributed by atoms with Gasteiger partial charge in [0, 0.05) is 24.8 Å². The van der Waals surface area contributed by atoms with E-state index in [4.69, 9.17) is 0 Å². The fraction of sp³-hybridized carbons (Fsp3) is 0.556. The van der Waals surface area contributed by atoms with Crippen molar-refractivity contribution in [2.24, 2.45) is 23.7 Å². The summed E-state index contributed by atoms with van der Waals surface area (Å²) in [5, 5.41) is 0.